The summed E-state index contributed by atoms with van der Waals surface area (Å²) >= 11 is 0. The molecule has 1 fully saturated rings. The molecule has 0 aromatic carbocycles. The topological polar surface area (TPSA) is 32.3 Å². The van der Waals surface area contributed by atoms with Gasteiger partial charge in [0.25, 0.3) is 0 Å². The van der Waals surface area contributed by atoms with E-state index in [1.165, 1.54) is 0 Å². The van der Waals surface area contributed by atoms with Crippen LogP contribution in [0.2, 0.25) is 0 Å². The maximum absolute atomic E-state index is 9.38. The van der Waals surface area contributed by atoms with Gasteiger partial charge < -0.3 is 10.4 Å². The Kier molecular flexibility index (Phi) is 1.36. The molecule has 2 rings (SSSR count). The van der Waals surface area contributed by atoms with Crippen LogP contribution < -0.4 is 5.32 Å². The van der Waals surface area contributed by atoms with Gasteiger partial charge in [-0.2, -0.15) is 0 Å². The van der Waals surface area contributed by atoms with Gasteiger partial charge in [-0.3, -0.25) is 0 Å². The lowest BCUT2D eigenvalue weighted by atomic mass is 9.94. The second kappa shape index (κ2) is 2.22. The smallest absolute Gasteiger partial charge is 0.0745 e. The number of β-amino-alcohol motifs (C(OH)–C–C–N with tert-alkyl or cyclic N) is 1. The predicted molar refractivity (Wildman–Crippen MR) is 39.6 cm³/mol. The highest BCUT2D eigenvalue weighted by molar-refractivity contribution is 5.20. The first kappa shape index (κ1) is 6.13. The Morgan fingerprint density at radius 3 is 2.90 bits per heavy atom. The Balaban J connectivity index is 2.19. The van der Waals surface area contributed by atoms with E-state index in [4.69, 9.17) is 0 Å². The Morgan fingerprint density at radius 1 is 1.30 bits per heavy atom. The molecule has 2 nitrogen and oxygen atoms in total. The van der Waals surface area contributed by atoms with Gasteiger partial charge in [-0.05, 0) is 0 Å². The number of aliphatic hydroxyl groups is 1. The molecule has 1 aliphatic carbocycles. The summed E-state index contributed by atoms with van der Waals surface area (Å²) in [5.74, 6) is 0.310. The summed E-state index contributed by atoms with van der Waals surface area (Å²) in [7, 11) is 0. The molecular weight excluding hydrogens is 126 g/mol. The maximum Gasteiger partial charge on any atom is 0.0745 e. The summed E-state index contributed by atoms with van der Waals surface area (Å²) in [4.78, 5) is 0. The standard InChI is InChI=1S/C8H11NO/c10-8-5-9-7-4-2-1-3-6(7)8/h1-4,6-10H,5H2. The third-order valence-corrected chi connectivity index (χ3v) is 2.18. The molecule has 0 spiro atoms. The summed E-state index contributed by atoms with van der Waals surface area (Å²) in [6, 6.07) is 0.375. The van der Waals surface area contributed by atoms with Crippen LogP contribution in [0.1, 0.15) is 0 Å². The molecule has 2 aliphatic rings. The molecule has 1 aliphatic heterocycles. The van der Waals surface area contributed by atoms with E-state index >= 15 is 0 Å². The molecule has 0 aromatic heterocycles. The van der Waals surface area contributed by atoms with E-state index in [9.17, 15) is 5.11 Å². The van der Waals surface area contributed by atoms with Crippen molar-refractivity contribution in [3.05, 3.63) is 24.3 Å². The SMILES string of the molecule is OC1CNC2C=CC=CC12. The zero-order chi connectivity index (χ0) is 6.97. The van der Waals surface area contributed by atoms with Crippen LogP contribution in [0.3, 0.4) is 0 Å². The van der Waals surface area contributed by atoms with E-state index in [-0.39, 0.29) is 6.10 Å². The quantitative estimate of drug-likeness (QED) is 0.495. The second-order valence-corrected chi connectivity index (χ2v) is 2.85. The first-order valence-electron chi connectivity index (χ1n) is 3.64. The van der Waals surface area contributed by atoms with E-state index in [1.54, 1.807) is 0 Å². The molecule has 0 amide bonds. The fraction of sp³-hybridized carbons (Fsp3) is 0.500. The summed E-state index contributed by atoms with van der Waals surface area (Å²) in [6.45, 7) is 0.726. The number of aliphatic hydroxyl groups excluding tert-OH is 1. The molecule has 0 aromatic rings. The molecule has 0 radical (unpaired) electrons. The Morgan fingerprint density at radius 2 is 2.10 bits per heavy atom. The Labute approximate surface area is 60.2 Å². The van der Waals surface area contributed by atoms with Gasteiger partial charge in [0.2, 0.25) is 0 Å². The lowest BCUT2D eigenvalue weighted by Gasteiger charge is -2.16. The molecule has 10 heavy (non-hydrogen) atoms. The lowest BCUT2D eigenvalue weighted by molar-refractivity contribution is 0.163. The van der Waals surface area contributed by atoms with Gasteiger partial charge in [0.15, 0.2) is 0 Å². The van der Waals surface area contributed by atoms with Gasteiger partial charge in [-0.15, -0.1) is 0 Å². The number of rotatable bonds is 0. The van der Waals surface area contributed by atoms with Crippen molar-refractivity contribution < 1.29 is 5.11 Å². The summed E-state index contributed by atoms with van der Waals surface area (Å²) in [6.07, 6.45) is 7.99. The minimum absolute atomic E-state index is 0.189. The van der Waals surface area contributed by atoms with Crippen LogP contribution in [0.25, 0.3) is 0 Å². The van der Waals surface area contributed by atoms with Crippen LogP contribution >= 0.6 is 0 Å². The largest absolute Gasteiger partial charge is 0.391 e. The fourth-order valence-corrected chi connectivity index (χ4v) is 1.59. The highest BCUT2D eigenvalue weighted by Gasteiger charge is 2.31. The highest BCUT2D eigenvalue weighted by Crippen LogP contribution is 2.21. The van der Waals surface area contributed by atoms with Crippen LogP contribution in [-0.2, 0) is 0 Å². The minimum atomic E-state index is -0.189. The molecule has 3 unspecified atom stereocenters. The lowest BCUT2D eigenvalue weighted by Crippen LogP contribution is -2.25. The number of allylic oxidation sites excluding steroid dienone is 2. The number of nitrogens with one attached hydrogen (secondary N) is 1. The van der Waals surface area contributed by atoms with Crippen LogP contribution in [0.15, 0.2) is 24.3 Å². The fourth-order valence-electron chi connectivity index (χ4n) is 1.59. The monoisotopic (exact) mass is 137 g/mol. The maximum atomic E-state index is 9.38. The Bertz CT molecular complexity index is 186. The van der Waals surface area contributed by atoms with Crippen LogP contribution in [0.4, 0.5) is 0 Å². The molecular formula is C8H11NO. The predicted octanol–water partition coefficient (Wildman–Crippen LogP) is 0.0613. The van der Waals surface area contributed by atoms with Crippen LogP contribution in [-0.4, -0.2) is 23.8 Å². The van der Waals surface area contributed by atoms with E-state index in [0.29, 0.717) is 12.0 Å². The van der Waals surface area contributed by atoms with Crippen molar-refractivity contribution in [2.75, 3.05) is 6.54 Å². The third-order valence-electron chi connectivity index (χ3n) is 2.18. The van der Waals surface area contributed by atoms with Gasteiger partial charge in [0.1, 0.15) is 0 Å². The number of fused-ring (bicyclic) bond motifs is 1. The molecule has 54 valence electrons. The van der Waals surface area contributed by atoms with Gasteiger partial charge in [0, 0.05) is 18.5 Å². The van der Waals surface area contributed by atoms with Crippen molar-refractivity contribution in [3.8, 4) is 0 Å². The van der Waals surface area contributed by atoms with Gasteiger partial charge in [0.05, 0.1) is 6.10 Å². The third kappa shape index (κ3) is 0.805. The van der Waals surface area contributed by atoms with Crippen molar-refractivity contribution in [2.24, 2.45) is 5.92 Å². The second-order valence-electron chi connectivity index (χ2n) is 2.85. The number of hydrogen-bond donors (Lipinski definition) is 2. The van der Waals surface area contributed by atoms with Crippen molar-refractivity contribution >= 4 is 0 Å². The van der Waals surface area contributed by atoms with Crippen molar-refractivity contribution in [2.45, 2.75) is 12.1 Å². The van der Waals surface area contributed by atoms with E-state index < -0.39 is 0 Å². The van der Waals surface area contributed by atoms with E-state index in [2.05, 4.69) is 17.5 Å². The Hall–Kier alpha value is -0.600. The van der Waals surface area contributed by atoms with Gasteiger partial charge >= 0.3 is 0 Å². The van der Waals surface area contributed by atoms with Crippen LogP contribution in [0.5, 0.6) is 0 Å². The molecule has 2 heteroatoms. The normalized spacial score (nSPS) is 43.9. The zero-order valence-corrected chi connectivity index (χ0v) is 5.70. The molecule has 1 heterocycles. The molecule has 1 saturated heterocycles. The molecule has 2 N–H and O–H groups in total. The molecule has 0 saturated carbocycles. The highest BCUT2D eigenvalue weighted by atomic mass is 16.3. The molecule has 3 atom stereocenters. The average Bonchev–Trinajstić information content (AvgIpc) is 2.34. The van der Waals surface area contributed by atoms with Crippen molar-refractivity contribution in [3.63, 3.8) is 0 Å². The summed E-state index contributed by atoms with van der Waals surface area (Å²) < 4.78 is 0. The minimum Gasteiger partial charge on any atom is -0.391 e. The van der Waals surface area contributed by atoms with Gasteiger partial charge in [-0.1, -0.05) is 24.3 Å². The van der Waals surface area contributed by atoms with Crippen molar-refractivity contribution in [1.82, 2.24) is 5.32 Å². The average molecular weight is 137 g/mol. The van der Waals surface area contributed by atoms with E-state index in [0.717, 1.165) is 6.54 Å². The summed E-state index contributed by atoms with van der Waals surface area (Å²) in [5, 5.41) is 12.6. The van der Waals surface area contributed by atoms with Crippen LogP contribution in [0, 0.1) is 5.92 Å². The van der Waals surface area contributed by atoms with Gasteiger partial charge in [-0.25, -0.2) is 0 Å². The van der Waals surface area contributed by atoms with Crippen molar-refractivity contribution in [1.29, 1.82) is 0 Å². The molecule has 0 bridgehead atoms. The summed E-state index contributed by atoms with van der Waals surface area (Å²) in [5.41, 5.74) is 0. The first-order valence-corrected chi connectivity index (χ1v) is 3.64. The zero-order valence-electron chi connectivity index (χ0n) is 5.70. The number of hydrogen-bond acceptors (Lipinski definition) is 2. The van der Waals surface area contributed by atoms with E-state index in [1.807, 2.05) is 12.2 Å². The first-order chi connectivity index (χ1) is 4.88.